The van der Waals surface area contributed by atoms with E-state index in [0.29, 0.717) is 11.1 Å². The summed E-state index contributed by atoms with van der Waals surface area (Å²) < 4.78 is 5.49. The van der Waals surface area contributed by atoms with Gasteiger partial charge in [0.15, 0.2) is 0 Å². The van der Waals surface area contributed by atoms with Gasteiger partial charge in [-0.15, -0.1) is 0 Å². The number of morpholine rings is 1. The van der Waals surface area contributed by atoms with Crippen LogP contribution in [0.5, 0.6) is 0 Å². The summed E-state index contributed by atoms with van der Waals surface area (Å²) in [7, 11) is 0. The monoisotopic (exact) mass is 282 g/mol. The normalized spacial score (nSPS) is 25.1. The number of likely N-dealkylation sites (tertiary alicyclic amines) is 1. The molecule has 0 aromatic carbocycles. The third-order valence-electron chi connectivity index (χ3n) is 5.22. The minimum atomic E-state index is 0.332. The van der Waals surface area contributed by atoms with Crippen molar-refractivity contribution in [2.75, 3.05) is 39.4 Å². The average molecular weight is 282 g/mol. The van der Waals surface area contributed by atoms with Crippen LogP contribution in [0, 0.1) is 5.92 Å². The van der Waals surface area contributed by atoms with Gasteiger partial charge in [-0.1, -0.05) is 0 Å². The molecule has 0 saturated carbocycles. The van der Waals surface area contributed by atoms with E-state index in [9.17, 15) is 0 Å². The second kappa shape index (κ2) is 6.33. The van der Waals surface area contributed by atoms with Crippen LogP contribution in [0.4, 0.5) is 0 Å². The van der Waals surface area contributed by atoms with E-state index < -0.39 is 0 Å². The van der Waals surface area contributed by atoms with Crippen molar-refractivity contribution >= 4 is 0 Å². The summed E-state index contributed by atoms with van der Waals surface area (Å²) in [4.78, 5) is 5.28. The van der Waals surface area contributed by atoms with Gasteiger partial charge in [0.05, 0.1) is 13.2 Å². The summed E-state index contributed by atoms with van der Waals surface area (Å²) in [6.07, 6.45) is 4.07. The van der Waals surface area contributed by atoms with Crippen LogP contribution < -0.4 is 0 Å². The molecule has 3 nitrogen and oxygen atoms in total. The number of hydrogen-bond donors (Lipinski definition) is 0. The third-order valence-corrected chi connectivity index (χ3v) is 5.22. The minimum absolute atomic E-state index is 0.332. The fourth-order valence-electron chi connectivity index (χ4n) is 3.81. The van der Waals surface area contributed by atoms with Crippen molar-refractivity contribution < 1.29 is 4.74 Å². The van der Waals surface area contributed by atoms with E-state index in [-0.39, 0.29) is 0 Å². The molecule has 0 atom stereocenters. The van der Waals surface area contributed by atoms with E-state index in [4.69, 9.17) is 4.74 Å². The van der Waals surface area contributed by atoms with E-state index in [0.717, 1.165) is 32.2 Å². The van der Waals surface area contributed by atoms with Gasteiger partial charge in [-0.3, -0.25) is 9.80 Å². The first kappa shape index (κ1) is 16.3. The van der Waals surface area contributed by atoms with Crippen LogP contribution in [0.25, 0.3) is 0 Å². The van der Waals surface area contributed by atoms with Crippen molar-refractivity contribution in [2.45, 2.75) is 65.0 Å². The SMILES string of the molecule is CC(C)(C)N1CCC(CC(C)(C)N2CCOCC2)CC1. The highest BCUT2D eigenvalue weighted by Crippen LogP contribution is 2.32. The highest BCUT2D eigenvalue weighted by Gasteiger charge is 2.33. The molecule has 20 heavy (non-hydrogen) atoms. The van der Waals surface area contributed by atoms with Gasteiger partial charge in [0.1, 0.15) is 0 Å². The van der Waals surface area contributed by atoms with E-state index in [1.165, 1.54) is 32.4 Å². The molecular formula is C17H34N2O. The van der Waals surface area contributed by atoms with Crippen molar-refractivity contribution in [2.24, 2.45) is 5.92 Å². The van der Waals surface area contributed by atoms with Crippen LogP contribution in [-0.2, 0) is 4.74 Å². The van der Waals surface area contributed by atoms with Gasteiger partial charge in [-0.25, -0.2) is 0 Å². The maximum absolute atomic E-state index is 5.49. The van der Waals surface area contributed by atoms with Crippen molar-refractivity contribution in [3.05, 3.63) is 0 Å². The molecule has 2 fully saturated rings. The molecule has 0 aliphatic carbocycles. The van der Waals surface area contributed by atoms with E-state index >= 15 is 0 Å². The van der Waals surface area contributed by atoms with Crippen molar-refractivity contribution in [1.29, 1.82) is 0 Å². The van der Waals surface area contributed by atoms with Gasteiger partial charge >= 0.3 is 0 Å². The molecule has 0 unspecified atom stereocenters. The van der Waals surface area contributed by atoms with Crippen LogP contribution >= 0.6 is 0 Å². The van der Waals surface area contributed by atoms with Gasteiger partial charge in [0, 0.05) is 24.2 Å². The summed E-state index contributed by atoms with van der Waals surface area (Å²) in [6.45, 7) is 18.4. The molecule has 0 N–H and O–H groups in total. The summed E-state index contributed by atoms with van der Waals surface area (Å²) in [5.74, 6) is 0.895. The molecule has 0 bridgehead atoms. The van der Waals surface area contributed by atoms with E-state index in [1.54, 1.807) is 0 Å². The first-order valence-corrected chi connectivity index (χ1v) is 8.37. The third kappa shape index (κ3) is 4.19. The highest BCUT2D eigenvalue weighted by molar-refractivity contribution is 4.89. The molecule has 2 aliphatic heterocycles. The molecule has 2 heterocycles. The first-order chi connectivity index (χ1) is 9.29. The molecular weight excluding hydrogens is 248 g/mol. The topological polar surface area (TPSA) is 15.7 Å². The predicted octanol–water partition coefficient (Wildman–Crippen LogP) is 3.00. The lowest BCUT2D eigenvalue weighted by atomic mass is 9.82. The maximum Gasteiger partial charge on any atom is 0.0594 e. The number of nitrogens with zero attached hydrogens (tertiary/aromatic N) is 2. The molecule has 0 spiro atoms. The summed E-state index contributed by atoms with van der Waals surface area (Å²) >= 11 is 0. The molecule has 0 aromatic rings. The second-order valence-corrected chi connectivity index (χ2v) is 8.22. The molecule has 2 aliphatic rings. The van der Waals surface area contributed by atoms with Gasteiger partial charge in [-0.2, -0.15) is 0 Å². The standard InChI is InChI=1S/C17H34N2O/c1-16(2,3)18-8-6-15(7-9-18)14-17(4,5)19-10-12-20-13-11-19/h15H,6-14H2,1-5H3. The van der Waals surface area contributed by atoms with Gasteiger partial charge in [-0.05, 0) is 72.9 Å². The fraction of sp³-hybridized carbons (Fsp3) is 1.00. The summed E-state index contributed by atoms with van der Waals surface area (Å²) in [5.41, 5.74) is 0.670. The average Bonchev–Trinajstić information content (AvgIpc) is 2.39. The zero-order chi connectivity index (χ0) is 14.8. The number of ether oxygens (including phenoxy) is 1. The second-order valence-electron chi connectivity index (χ2n) is 8.22. The number of rotatable bonds is 3. The van der Waals surface area contributed by atoms with Gasteiger partial charge in [0.2, 0.25) is 0 Å². The molecule has 2 saturated heterocycles. The molecule has 0 amide bonds. The maximum atomic E-state index is 5.49. The molecule has 0 radical (unpaired) electrons. The molecule has 118 valence electrons. The number of piperidine rings is 1. The predicted molar refractivity (Wildman–Crippen MR) is 85.1 cm³/mol. The Morgan fingerprint density at radius 2 is 1.40 bits per heavy atom. The number of hydrogen-bond acceptors (Lipinski definition) is 3. The van der Waals surface area contributed by atoms with Crippen LogP contribution in [-0.4, -0.2) is 60.3 Å². The van der Waals surface area contributed by atoms with Crippen LogP contribution in [0.1, 0.15) is 53.9 Å². The Bertz CT molecular complexity index is 295. The van der Waals surface area contributed by atoms with Crippen molar-refractivity contribution in [3.63, 3.8) is 0 Å². The van der Waals surface area contributed by atoms with Crippen LogP contribution in [0.15, 0.2) is 0 Å². The molecule has 3 heteroatoms. The largest absolute Gasteiger partial charge is 0.379 e. The molecule has 2 rings (SSSR count). The Labute approximate surface area is 125 Å². The quantitative estimate of drug-likeness (QED) is 0.791. The Kier molecular flexibility index (Phi) is 5.14. The first-order valence-electron chi connectivity index (χ1n) is 8.37. The van der Waals surface area contributed by atoms with Gasteiger partial charge < -0.3 is 4.74 Å². The fourth-order valence-corrected chi connectivity index (χ4v) is 3.81. The Hall–Kier alpha value is -0.120. The summed E-state index contributed by atoms with van der Waals surface area (Å²) in [6, 6.07) is 0. The van der Waals surface area contributed by atoms with Crippen LogP contribution in [0.3, 0.4) is 0 Å². The lowest BCUT2D eigenvalue weighted by Gasteiger charge is -2.46. The lowest BCUT2D eigenvalue weighted by molar-refractivity contribution is -0.0234. The minimum Gasteiger partial charge on any atom is -0.379 e. The van der Waals surface area contributed by atoms with Crippen molar-refractivity contribution in [3.8, 4) is 0 Å². The zero-order valence-corrected chi connectivity index (χ0v) is 14.2. The highest BCUT2D eigenvalue weighted by atomic mass is 16.5. The van der Waals surface area contributed by atoms with Gasteiger partial charge in [0.25, 0.3) is 0 Å². The smallest absolute Gasteiger partial charge is 0.0594 e. The zero-order valence-electron chi connectivity index (χ0n) is 14.2. The summed E-state index contributed by atoms with van der Waals surface area (Å²) in [5, 5.41) is 0. The van der Waals surface area contributed by atoms with Crippen molar-refractivity contribution in [1.82, 2.24) is 9.80 Å². The lowest BCUT2D eigenvalue weighted by Crippen LogP contribution is -2.52. The van der Waals surface area contributed by atoms with E-state index in [1.807, 2.05) is 0 Å². The Morgan fingerprint density at radius 1 is 0.850 bits per heavy atom. The Balaban J connectivity index is 1.82. The van der Waals surface area contributed by atoms with Crippen LogP contribution in [0.2, 0.25) is 0 Å². The Morgan fingerprint density at radius 3 is 1.90 bits per heavy atom. The van der Waals surface area contributed by atoms with E-state index in [2.05, 4.69) is 44.4 Å². The molecule has 0 aromatic heterocycles.